The Kier molecular flexibility index (Phi) is 3.09. The number of rotatable bonds is 4. The third-order valence-corrected chi connectivity index (χ3v) is 2.62. The maximum Gasteiger partial charge on any atom is 0.0743 e. The van der Waals surface area contributed by atoms with E-state index in [0.29, 0.717) is 5.92 Å². The molecule has 2 N–H and O–H groups in total. The van der Waals surface area contributed by atoms with Crippen LogP contribution in [0.3, 0.4) is 0 Å². The summed E-state index contributed by atoms with van der Waals surface area (Å²) in [6.07, 6.45) is 0.785. The van der Waals surface area contributed by atoms with E-state index in [2.05, 4.69) is 4.90 Å². The van der Waals surface area contributed by atoms with Gasteiger partial charge in [-0.15, -0.1) is 0 Å². The fourth-order valence-electron chi connectivity index (χ4n) is 1.51. The second kappa shape index (κ2) is 3.73. The van der Waals surface area contributed by atoms with Gasteiger partial charge in [-0.1, -0.05) is 6.92 Å². The molecule has 0 aromatic heterocycles. The molecule has 0 radical (unpaired) electrons. The lowest BCUT2D eigenvalue weighted by atomic mass is 9.96. The molecule has 1 heterocycles. The zero-order valence-corrected chi connectivity index (χ0v) is 7.95. The Balaban J connectivity index is 2.18. The molecule has 0 bridgehead atoms. The summed E-state index contributed by atoms with van der Waals surface area (Å²) < 4.78 is 0. The molecule has 3 heteroatoms. The van der Waals surface area contributed by atoms with Crippen LogP contribution in [-0.4, -0.2) is 47.0 Å². The first-order valence-electron chi connectivity index (χ1n) is 4.63. The first-order valence-corrected chi connectivity index (χ1v) is 4.63. The molecular weight excluding hydrogens is 154 g/mol. The van der Waals surface area contributed by atoms with Crippen molar-refractivity contribution in [3.05, 3.63) is 0 Å². The van der Waals surface area contributed by atoms with Crippen LogP contribution in [0.15, 0.2) is 0 Å². The van der Waals surface area contributed by atoms with E-state index in [-0.39, 0.29) is 6.61 Å². The highest BCUT2D eigenvalue weighted by molar-refractivity contribution is 4.84. The van der Waals surface area contributed by atoms with Crippen molar-refractivity contribution < 1.29 is 10.2 Å². The van der Waals surface area contributed by atoms with Gasteiger partial charge < -0.3 is 10.2 Å². The van der Waals surface area contributed by atoms with Crippen LogP contribution < -0.4 is 0 Å². The molecule has 1 aliphatic heterocycles. The van der Waals surface area contributed by atoms with Gasteiger partial charge in [-0.2, -0.15) is 0 Å². The predicted octanol–water partition coefficient (Wildman–Crippen LogP) is 0.0715. The third-order valence-electron chi connectivity index (χ3n) is 2.62. The number of aliphatic hydroxyl groups excluding tert-OH is 1. The van der Waals surface area contributed by atoms with Crippen LogP contribution in [0, 0.1) is 5.92 Å². The number of hydrogen-bond acceptors (Lipinski definition) is 3. The topological polar surface area (TPSA) is 43.7 Å². The Bertz CT molecular complexity index is 141. The minimum absolute atomic E-state index is 0.283. The van der Waals surface area contributed by atoms with E-state index in [4.69, 9.17) is 5.11 Å². The molecule has 0 aliphatic carbocycles. The first kappa shape index (κ1) is 9.96. The lowest BCUT2D eigenvalue weighted by molar-refractivity contribution is -0.0323. The van der Waals surface area contributed by atoms with Gasteiger partial charge in [0, 0.05) is 32.2 Å². The van der Waals surface area contributed by atoms with Gasteiger partial charge in [0.2, 0.25) is 0 Å². The van der Waals surface area contributed by atoms with Crippen LogP contribution in [0.4, 0.5) is 0 Å². The molecule has 0 amide bonds. The second-order valence-electron chi connectivity index (χ2n) is 4.09. The van der Waals surface area contributed by atoms with Crippen molar-refractivity contribution in [2.24, 2.45) is 5.92 Å². The molecule has 0 saturated carbocycles. The van der Waals surface area contributed by atoms with Gasteiger partial charge in [0.25, 0.3) is 0 Å². The van der Waals surface area contributed by atoms with E-state index in [1.54, 1.807) is 0 Å². The maximum atomic E-state index is 9.71. The highest BCUT2D eigenvalue weighted by Gasteiger charge is 2.30. The van der Waals surface area contributed by atoms with Gasteiger partial charge in [0.1, 0.15) is 0 Å². The third kappa shape index (κ3) is 2.44. The van der Waals surface area contributed by atoms with Gasteiger partial charge in [-0.3, -0.25) is 4.90 Å². The van der Waals surface area contributed by atoms with Crippen LogP contribution in [0.2, 0.25) is 0 Å². The monoisotopic (exact) mass is 173 g/mol. The molecule has 12 heavy (non-hydrogen) atoms. The van der Waals surface area contributed by atoms with E-state index in [1.165, 1.54) is 0 Å². The number of nitrogens with zero attached hydrogens (tertiary/aromatic N) is 1. The van der Waals surface area contributed by atoms with Crippen molar-refractivity contribution >= 4 is 0 Å². The number of aliphatic hydroxyl groups is 2. The smallest absolute Gasteiger partial charge is 0.0743 e. The fraction of sp³-hybridized carbons (Fsp3) is 1.00. The largest absolute Gasteiger partial charge is 0.396 e. The van der Waals surface area contributed by atoms with Gasteiger partial charge in [0.05, 0.1) is 5.60 Å². The van der Waals surface area contributed by atoms with Crippen molar-refractivity contribution in [2.45, 2.75) is 25.9 Å². The number of hydrogen-bond donors (Lipinski definition) is 2. The van der Waals surface area contributed by atoms with Gasteiger partial charge in [0.15, 0.2) is 0 Å². The molecule has 1 rings (SSSR count). The van der Waals surface area contributed by atoms with Crippen molar-refractivity contribution in [3.8, 4) is 0 Å². The Morgan fingerprint density at radius 2 is 2.08 bits per heavy atom. The highest BCUT2D eigenvalue weighted by Crippen LogP contribution is 2.19. The van der Waals surface area contributed by atoms with Crippen LogP contribution in [0.25, 0.3) is 0 Å². The Labute approximate surface area is 74.0 Å². The normalized spacial score (nSPS) is 25.0. The Hall–Kier alpha value is -0.120. The zero-order valence-electron chi connectivity index (χ0n) is 7.95. The van der Waals surface area contributed by atoms with Crippen LogP contribution in [0.1, 0.15) is 20.3 Å². The lowest BCUT2D eigenvalue weighted by Crippen LogP contribution is -2.53. The average Bonchev–Trinajstić information content (AvgIpc) is 1.96. The van der Waals surface area contributed by atoms with Crippen LogP contribution in [-0.2, 0) is 0 Å². The molecule has 1 unspecified atom stereocenters. The molecular formula is C9H19NO2. The summed E-state index contributed by atoms with van der Waals surface area (Å²) in [5, 5.41) is 18.5. The zero-order chi connectivity index (χ0) is 9.19. The van der Waals surface area contributed by atoms with Gasteiger partial charge >= 0.3 is 0 Å². The molecule has 3 nitrogen and oxygen atoms in total. The van der Waals surface area contributed by atoms with Crippen molar-refractivity contribution in [2.75, 3.05) is 26.2 Å². The quantitative estimate of drug-likeness (QED) is 0.632. The lowest BCUT2D eigenvalue weighted by Gasteiger charge is -2.41. The van der Waals surface area contributed by atoms with E-state index < -0.39 is 5.60 Å². The minimum atomic E-state index is -0.555. The second-order valence-corrected chi connectivity index (χ2v) is 4.09. The predicted molar refractivity (Wildman–Crippen MR) is 47.9 cm³/mol. The summed E-state index contributed by atoms with van der Waals surface area (Å²) in [5.74, 6) is 0.442. The van der Waals surface area contributed by atoms with E-state index in [0.717, 1.165) is 26.1 Å². The van der Waals surface area contributed by atoms with E-state index in [9.17, 15) is 5.11 Å². The highest BCUT2D eigenvalue weighted by atomic mass is 16.3. The summed E-state index contributed by atoms with van der Waals surface area (Å²) in [7, 11) is 0. The van der Waals surface area contributed by atoms with Gasteiger partial charge in [-0.05, 0) is 13.3 Å². The molecule has 1 atom stereocenters. The van der Waals surface area contributed by atoms with Crippen molar-refractivity contribution in [1.82, 2.24) is 4.90 Å². The van der Waals surface area contributed by atoms with Gasteiger partial charge in [-0.25, -0.2) is 0 Å². The average molecular weight is 173 g/mol. The maximum absolute atomic E-state index is 9.71. The van der Waals surface area contributed by atoms with Crippen molar-refractivity contribution in [3.63, 3.8) is 0 Å². The summed E-state index contributed by atoms with van der Waals surface area (Å²) in [6.45, 7) is 6.74. The van der Waals surface area contributed by atoms with Crippen LogP contribution >= 0.6 is 0 Å². The molecule has 1 saturated heterocycles. The van der Waals surface area contributed by atoms with Crippen LogP contribution in [0.5, 0.6) is 0 Å². The van der Waals surface area contributed by atoms with E-state index in [1.807, 2.05) is 13.8 Å². The summed E-state index contributed by atoms with van der Waals surface area (Å²) in [4.78, 5) is 2.18. The first-order chi connectivity index (χ1) is 5.57. The molecule has 0 aromatic carbocycles. The Morgan fingerprint density at radius 3 is 2.50 bits per heavy atom. The summed E-state index contributed by atoms with van der Waals surface area (Å²) in [6, 6.07) is 0. The molecule has 1 fully saturated rings. The Morgan fingerprint density at radius 1 is 1.50 bits per heavy atom. The SMILES string of the molecule is CCC(C)(O)CN1CC(CO)C1. The van der Waals surface area contributed by atoms with Crippen molar-refractivity contribution in [1.29, 1.82) is 0 Å². The number of likely N-dealkylation sites (tertiary alicyclic amines) is 1. The molecule has 0 aromatic rings. The molecule has 1 aliphatic rings. The minimum Gasteiger partial charge on any atom is -0.396 e. The van der Waals surface area contributed by atoms with E-state index >= 15 is 0 Å². The summed E-state index contributed by atoms with van der Waals surface area (Å²) >= 11 is 0. The molecule has 72 valence electrons. The fourth-order valence-corrected chi connectivity index (χ4v) is 1.51. The number of β-amino-alcohol motifs (C(OH)–C–C–N with tert-alkyl or cyclic N) is 1. The molecule has 0 spiro atoms. The summed E-state index contributed by atoms with van der Waals surface area (Å²) in [5.41, 5.74) is -0.555. The standard InChI is InChI=1S/C9H19NO2/c1-3-9(2,12)7-10-4-8(5-10)6-11/h8,11-12H,3-7H2,1-2H3.